The van der Waals surface area contributed by atoms with Crippen LogP contribution in [0.3, 0.4) is 0 Å². The average Bonchev–Trinajstić information content (AvgIpc) is 2.90. The van der Waals surface area contributed by atoms with E-state index in [0.29, 0.717) is 0 Å². The van der Waals surface area contributed by atoms with Crippen LogP contribution in [0.4, 0.5) is 11.4 Å². The summed E-state index contributed by atoms with van der Waals surface area (Å²) < 4.78 is 0. The van der Waals surface area contributed by atoms with Crippen molar-refractivity contribution in [3.05, 3.63) is 60.2 Å². The Balaban J connectivity index is 1.50. The third-order valence-electron chi connectivity index (χ3n) is 4.20. The lowest BCUT2D eigenvalue weighted by Gasteiger charge is -2.30. The molecule has 1 N–H and O–H groups in total. The lowest BCUT2D eigenvalue weighted by Crippen LogP contribution is -2.40. The zero-order valence-electron chi connectivity index (χ0n) is 11.9. The first kappa shape index (κ1) is 12.5. The van der Waals surface area contributed by atoms with Gasteiger partial charge in [0.05, 0.1) is 5.69 Å². The Kier molecular flexibility index (Phi) is 2.97. The van der Waals surface area contributed by atoms with E-state index in [9.17, 15) is 0 Å². The number of hydrogen-bond donors (Lipinski definition) is 1. The lowest BCUT2D eigenvalue weighted by molar-refractivity contribution is 0.309. The molecule has 2 aliphatic heterocycles. The lowest BCUT2D eigenvalue weighted by atomic mass is 10.1. The molecular formula is C17H18N4. The van der Waals surface area contributed by atoms with E-state index in [-0.39, 0.29) is 5.66 Å². The summed E-state index contributed by atoms with van der Waals surface area (Å²) in [6.45, 7) is 2.92. The number of azo groups is 1. The molecule has 4 rings (SSSR count). The quantitative estimate of drug-likeness (QED) is 0.907. The minimum Gasteiger partial charge on any atom is -0.357 e. The number of nitrogens with zero attached hydrogens (tertiary/aromatic N) is 3. The first-order valence-electron chi connectivity index (χ1n) is 7.39. The molecule has 0 bridgehead atoms. The van der Waals surface area contributed by atoms with Crippen molar-refractivity contribution in [1.29, 1.82) is 0 Å². The van der Waals surface area contributed by atoms with E-state index in [4.69, 9.17) is 0 Å². The Hall–Kier alpha value is -2.20. The van der Waals surface area contributed by atoms with Gasteiger partial charge in [-0.15, -0.1) is 0 Å². The SMILES string of the molecule is c1ccc(CN2CCC3(C2)N=Nc2ccccc2N3)cc1. The van der Waals surface area contributed by atoms with Crippen LogP contribution in [-0.2, 0) is 6.54 Å². The fourth-order valence-corrected chi connectivity index (χ4v) is 3.12. The van der Waals surface area contributed by atoms with Crippen LogP contribution >= 0.6 is 0 Å². The molecule has 0 aromatic heterocycles. The van der Waals surface area contributed by atoms with Crippen LogP contribution in [0.5, 0.6) is 0 Å². The van der Waals surface area contributed by atoms with Gasteiger partial charge < -0.3 is 5.32 Å². The van der Waals surface area contributed by atoms with E-state index in [1.165, 1.54) is 5.56 Å². The number of rotatable bonds is 2. The second-order valence-corrected chi connectivity index (χ2v) is 5.82. The second-order valence-electron chi connectivity index (χ2n) is 5.82. The number of benzene rings is 2. The number of nitrogens with one attached hydrogen (secondary N) is 1. The molecule has 106 valence electrons. The maximum absolute atomic E-state index is 4.57. The van der Waals surface area contributed by atoms with Gasteiger partial charge >= 0.3 is 0 Å². The highest BCUT2D eigenvalue weighted by atomic mass is 15.4. The molecule has 4 heteroatoms. The first-order chi connectivity index (χ1) is 10.3. The molecule has 0 saturated carbocycles. The molecule has 0 aliphatic carbocycles. The Labute approximate surface area is 124 Å². The van der Waals surface area contributed by atoms with Crippen LogP contribution in [0.15, 0.2) is 64.8 Å². The van der Waals surface area contributed by atoms with Crippen molar-refractivity contribution in [3.63, 3.8) is 0 Å². The molecule has 0 amide bonds. The van der Waals surface area contributed by atoms with Gasteiger partial charge in [-0.3, -0.25) is 4.90 Å². The fraction of sp³-hybridized carbons (Fsp3) is 0.294. The fourth-order valence-electron chi connectivity index (χ4n) is 3.12. The van der Waals surface area contributed by atoms with E-state index in [1.807, 2.05) is 18.2 Å². The smallest absolute Gasteiger partial charge is 0.164 e. The summed E-state index contributed by atoms with van der Waals surface area (Å²) in [6, 6.07) is 18.7. The van der Waals surface area contributed by atoms with Gasteiger partial charge in [0.25, 0.3) is 0 Å². The normalized spacial score (nSPS) is 24.0. The van der Waals surface area contributed by atoms with Crippen LogP contribution in [0.25, 0.3) is 0 Å². The summed E-state index contributed by atoms with van der Waals surface area (Å²) in [6.07, 6.45) is 0.998. The van der Waals surface area contributed by atoms with Crippen molar-refractivity contribution < 1.29 is 0 Å². The Morgan fingerprint density at radius 1 is 1.05 bits per heavy atom. The maximum Gasteiger partial charge on any atom is 0.164 e. The second kappa shape index (κ2) is 4.97. The molecule has 1 atom stereocenters. The maximum atomic E-state index is 4.57. The first-order valence-corrected chi connectivity index (χ1v) is 7.39. The zero-order chi connectivity index (χ0) is 14.1. The number of likely N-dealkylation sites (tertiary alicyclic amines) is 1. The van der Waals surface area contributed by atoms with E-state index in [0.717, 1.165) is 37.4 Å². The molecule has 21 heavy (non-hydrogen) atoms. The van der Waals surface area contributed by atoms with E-state index < -0.39 is 0 Å². The molecule has 2 aromatic carbocycles. The molecule has 2 aromatic rings. The van der Waals surface area contributed by atoms with Gasteiger partial charge in [-0.1, -0.05) is 42.5 Å². The molecule has 1 saturated heterocycles. The highest BCUT2D eigenvalue weighted by Gasteiger charge is 2.40. The number of hydrogen-bond acceptors (Lipinski definition) is 4. The van der Waals surface area contributed by atoms with E-state index in [2.05, 4.69) is 56.8 Å². The van der Waals surface area contributed by atoms with Gasteiger partial charge in [-0.05, 0) is 17.7 Å². The zero-order valence-corrected chi connectivity index (χ0v) is 11.9. The Bertz CT molecular complexity index is 668. The van der Waals surface area contributed by atoms with Gasteiger partial charge in [-0.2, -0.15) is 10.2 Å². The Morgan fingerprint density at radius 3 is 2.76 bits per heavy atom. The van der Waals surface area contributed by atoms with Crippen LogP contribution in [-0.4, -0.2) is 23.7 Å². The summed E-state index contributed by atoms with van der Waals surface area (Å²) >= 11 is 0. The van der Waals surface area contributed by atoms with Crippen molar-refractivity contribution in [2.45, 2.75) is 18.6 Å². The molecule has 4 nitrogen and oxygen atoms in total. The monoisotopic (exact) mass is 278 g/mol. The molecule has 1 spiro atoms. The molecule has 0 radical (unpaired) electrons. The van der Waals surface area contributed by atoms with Gasteiger partial charge in [0.2, 0.25) is 0 Å². The third kappa shape index (κ3) is 2.43. The van der Waals surface area contributed by atoms with Crippen LogP contribution < -0.4 is 5.32 Å². The highest BCUT2D eigenvalue weighted by Crippen LogP contribution is 2.38. The van der Waals surface area contributed by atoms with Gasteiger partial charge in [0.15, 0.2) is 5.66 Å². The van der Waals surface area contributed by atoms with Crippen molar-refractivity contribution in [2.24, 2.45) is 10.2 Å². The van der Waals surface area contributed by atoms with Gasteiger partial charge in [0, 0.05) is 26.1 Å². The summed E-state index contributed by atoms with van der Waals surface area (Å²) in [7, 11) is 0. The topological polar surface area (TPSA) is 40.0 Å². The van der Waals surface area contributed by atoms with Gasteiger partial charge in [-0.25, -0.2) is 0 Å². The van der Waals surface area contributed by atoms with Gasteiger partial charge in [0.1, 0.15) is 5.69 Å². The summed E-state index contributed by atoms with van der Waals surface area (Å²) in [5, 5.41) is 12.6. The van der Waals surface area contributed by atoms with E-state index in [1.54, 1.807) is 0 Å². The van der Waals surface area contributed by atoms with E-state index >= 15 is 0 Å². The largest absolute Gasteiger partial charge is 0.357 e. The Morgan fingerprint density at radius 2 is 1.86 bits per heavy atom. The molecular weight excluding hydrogens is 260 g/mol. The van der Waals surface area contributed by atoms with Crippen LogP contribution in [0.2, 0.25) is 0 Å². The van der Waals surface area contributed by atoms with Crippen molar-refractivity contribution in [1.82, 2.24) is 4.90 Å². The van der Waals surface area contributed by atoms with Crippen LogP contribution in [0.1, 0.15) is 12.0 Å². The number of anilines is 1. The molecule has 1 fully saturated rings. The summed E-state index contributed by atoms with van der Waals surface area (Å²) in [5.74, 6) is 0. The van der Waals surface area contributed by atoms with Crippen molar-refractivity contribution >= 4 is 11.4 Å². The number of fused-ring (bicyclic) bond motifs is 1. The number of para-hydroxylation sites is 1. The predicted molar refractivity (Wildman–Crippen MR) is 83.6 cm³/mol. The third-order valence-corrected chi connectivity index (χ3v) is 4.20. The predicted octanol–water partition coefficient (Wildman–Crippen LogP) is 3.80. The molecule has 1 unspecified atom stereocenters. The average molecular weight is 278 g/mol. The summed E-state index contributed by atoms with van der Waals surface area (Å²) in [5.41, 5.74) is 3.13. The van der Waals surface area contributed by atoms with Crippen molar-refractivity contribution in [2.75, 3.05) is 18.4 Å². The van der Waals surface area contributed by atoms with Crippen molar-refractivity contribution in [3.8, 4) is 0 Å². The standard InChI is InChI=1S/C17H18N4/c1-2-6-14(7-3-1)12-21-11-10-17(13-21)18-15-8-4-5-9-16(15)19-20-17/h1-9,18H,10-13H2. The molecule has 2 heterocycles. The summed E-state index contributed by atoms with van der Waals surface area (Å²) in [4.78, 5) is 2.44. The minimum absolute atomic E-state index is 0.247. The van der Waals surface area contributed by atoms with Crippen LogP contribution in [0, 0.1) is 0 Å². The highest BCUT2D eigenvalue weighted by molar-refractivity contribution is 5.67. The molecule has 2 aliphatic rings. The minimum atomic E-state index is -0.247.